The molecule has 2 aromatic rings. The van der Waals surface area contributed by atoms with Crippen molar-refractivity contribution in [3.63, 3.8) is 0 Å². The molecule has 1 heterocycles. The van der Waals surface area contributed by atoms with Crippen LogP contribution in [0, 0.1) is 0 Å². The van der Waals surface area contributed by atoms with Gasteiger partial charge in [-0.3, -0.25) is 4.79 Å². The normalized spacial score (nSPS) is 14.7. The SMILES string of the molecule is CCNC(c1ccc2c(c1)CC(=O)N2)c1ccccc1Cl. The van der Waals surface area contributed by atoms with E-state index in [-0.39, 0.29) is 11.9 Å². The number of amides is 1. The van der Waals surface area contributed by atoms with E-state index in [1.807, 2.05) is 36.4 Å². The Kier molecular flexibility index (Phi) is 3.95. The number of anilines is 1. The van der Waals surface area contributed by atoms with Gasteiger partial charge in [0.05, 0.1) is 12.5 Å². The van der Waals surface area contributed by atoms with Crippen LogP contribution in [0.5, 0.6) is 0 Å². The summed E-state index contributed by atoms with van der Waals surface area (Å²) in [6.45, 7) is 2.91. The zero-order valence-electron chi connectivity index (χ0n) is 11.8. The molecule has 0 saturated heterocycles. The average molecular weight is 301 g/mol. The topological polar surface area (TPSA) is 41.1 Å². The molecule has 1 aliphatic rings. The van der Waals surface area contributed by atoms with Crippen LogP contribution in [0.4, 0.5) is 5.69 Å². The highest BCUT2D eigenvalue weighted by molar-refractivity contribution is 6.31. The third-order valence-corrected chi connectivity index (χ3v) is 4.06. The predicted molar refractivity (Wildman–Crippen MR) is 85.7 cm³/mol. The summed E-state index contributed by atoms with van der Waals surface area (Å²) in [7, 11) is 0. The van der Waals surface area contributed by atoms with Crippen LogP contribution >= 0.6 is 11.6 Å². The number of carbonyl (C=O) groups excluding carboxylic acids is 1. The molecule has 21 heavy (non-hydrogen) atoms. The number of rotatable bonds is 4. The van der Waals surface area contributed by atoms with E-state index in [4.69, 9.17) is 11.6 Å². The number of benzene rings is 2. The van der Waals surface area contributed by atoms with Crippen molar-refractivity contribution < 1.29 is 4.79 Å². The average Bonchev–Trinajstić information content (AvgIpc) is 2.85. The molecule has 0 fully saturated rings. The standard InChI is InChI=1S/C17H17ClN2O/c1-2-19-17(13-5-3-4-6-14(13)18)11-7-8-15-12(9-11)10-16(21)20-15/h3-9,17,19H,2,10H2,1H3,(H,20,21). The summed E-state index contributed by atoms with van der Waals surface area (Å²) >= 11 is 6.34. The maximum absolute atomic E-state index is 11.5. The smallest absolute Gasteiger partial charge is 0.228 e. The van der Waals surface area contributed by atoms with Crippen molar-refractivity contribution in [3.05, 3.63) is 64.2 Å². The summed E-state index contributed by atoms with van der Waals surface area (Å²) in [6, 6.07) is 14.0. The number of carbonyl (C=O) groups is 1. The summed E-state index contributed by atoms with van der Waals surface area (Å²) < 4.78 is 0. The van der Waals surface area contributed by atoms with Crippen LogP contribution in [0.2, 0.25) is 5.02 Å². The van der Waals surface area contributed by atoms with Gasteiger partial charge in [-0.05, 0) is 35.4 Å². The fourth-order valence-electron chi connectivity index (χ4n) is 2.75. The molecule has 0 aliphatic carbocycles. The summed E-state index contributed by atoms with van der Waals surface area (Å²) in [4.78, 5) is 11.5. The number of hydrogen-bond acceptors (Lipinski definition) is 2. The fourth-order valence-corrected chi connectivity index (χ4v) is 2.99. The Labute approximate surface area is 129 Å². The first-order valence-electron chi connectivity index (χ1n) is 7.09. The van der Waals surface area contributed by atoms with Gasteiger partial charge in [0.2, 0.25) is 5.91 Å². The van der Waals surface area contributed by atoms with Crippen LogP contribution in [0.1, 0.15) is 29.7 Å². The first-order chi connectivity index (χ1) is 10.2. The monoisotopic (exact) mass is 300 g/mol. The molecule has 1 amide bonds. The van der Waals surface area contributed by atoms with Gasteiger partial charge in [-0.25, -0.2) is 0 Å². The fraction of sp³-hybridized carbons (Fsp3) is 0.235. The van der Waals surface area contributed by atoms with Crippen molar-refractivity contribution in [2.24, 2.45) is 0 Å². The number of nitrogens with one attached hydrogen (secondary N) is 2. The Hall–Kier alpha value is -1.84. The molecule has 0 aromatic heterocycles. The van der Waals surface area contributed by atoms with Crippen molar-refractivity contribution >= 4 is 23.2 Å². The van der Waals surface area contributed by atoms with Gasteiger partial charge in [-0.15, -0.1) is 0 Å². The van der Waals surface area contributed by atoms with Crippen LogP contribution in [0.3, 0.4) is 0 Å². The number of hydrogen-bond donors (Lipinski definition) is 2. The van der Waals surface area contributed by atoms with E-state index in [0.29, 0.717) is 6.42 Å². The van der Waals surface area contributed by atoms with Crippen molar-refractivity contribution in [3.8, 4) is 0 Å². The van der Waals surface area contributed by atoms with Gasteiger partial charge in [0.25, 0.3) is 0 Å². The first-order valence-corrected chi connectivity index (χ1v) is 7.47. The quantitative estimate of drug-likeness (QED) is 0.907. The maximum Gasteiger partial charge on any atom is 0.228 e. The van der Waals surface area contributed by atoms with Crippen LogP contribution in [-0.4, -0.2) is 12.5 Å². The van der Waals surface area contributed by atoms with Crippen molar-refractivity contribution in [1.82, 2.24) is 5.32 Å². The Bertz CT molecular complexity index is 684. The Morgan fingerprint density at radius 3 is 2.86 bits per heavy atom. The van der Waals surface area contributed by atoms with E-state index in [9.17, 15) is 4.79 Å². The minimum atomic E-state index is 0.0321. The third kappa shape index (κ3) is 2.80. The molecular formula is C17H17ClN2O. The molecule has 1 unspecified atom stereocenters. The molecule has 0 saturated carbocycles. The van der Waals surface area contributed by atoms with Crippen LogP contribution < -0.4 is 10.6 Å². The highest BCUT2D eigenvalue weighted by Crippen LogP contribution is 2.32. The van der Waals surface area contributed by atoms with E-state index in [0.717, 1.165) is 33.9 Å². The predicted octanol–water partition coefficient (Wildman–Crippen LogP) is 3.53. The molecule has 2 N–H and O–H groups in total. The minimum absolute atomic E-state index is 0.0321. The lowest BCUT2D eigenvalue weighted by molar-refractivity contribution is -0.115. The molecule has 4 heteroatoms. The lowest BCUT2D eigenvalue weighted by Crippen LogP contribution is -2.22. The second kappa shape index (κ2) is 5.88. The van der Waals surface area contributed by atoms with E-state index in [2.05, 4.69) is 23.6 Å². The zero-order chi connectivity index (χ0) is 14.8. The molecule has 0 spiro atoms. The van der Waals surface area contributed by atoms with Gasteiger partial charge in [-0.1, -0.05) is 48.9 Å². The van der Waals surface area contributed by atoms with Gasteiger partial charge >= 0.3 is 0 Å². The Morgan fingerprint density at radius 2 is 2.10 bits per heavy atom. The largest absolute Gasteiger partial charge is 0.326 e. The van der Waals surface area contributed by atoms with E-state index in [1.54, 1.807) is 0 Å². The third-order valence-electron chi connectivity index (χ3n) is 3.71. The lowest BCUT2D eigenvalue weighted by atomic mass is 9.96. The second-order valence-electron chi connectivity index (χ2n) is 5.15. The Morgan fingerprint density at radius 1 is 1.29 bits per heavy atom. The van der Waals surface area contributed by atoms with E-state index >= 15 is 0 Å². The van der Waals surface area contributed by atoms with Gasteiger partial charge in [0.1, 0.15) is 0 Å². The van der Waals surface area contributed by atoms with E-state index < -0.39 is 0 Å². The summed E-state index contributed by atoms with van der Waals surface area (Å²) in [5.41, 5.74) is 4.14. The highest BCUT2D eigenvalue weighted by atomic mass is 35.5. The zero-order valence-corrected chi connectivity index (χ0v) is 12.6. The number of halogens is 1. The molecular weight excluding hydrogens is 284 g/mol. The molecule has 3 nitrogen and oxygen atoms in total. The lowest BCUT2D eigenvalue weighted by Gasteiger charge is -2.20. The molecule has 2 aromatic carbocycles. The van der Waals surface area contributed by atoms with Gasteiger partial charge < -0.3 is 10.6 Å². The van der Waals surface area contributed by atoms with E-state index in [1.165, 1.54) is 0 Å². The number of fused-ring (bicyclic) bond motifs is 1. The minimum Gasteiger partial charge on any atom is -0.326 e. The molecule has 0 bridgehead atoms. The van der Waals surface area contributed by atoms with Crippen LogP contribution in [0.25, 0.3) is 0 Å². The summed E-state index contributed by atoms with van der Waals surface area (Å²) in [5, 5.41) is 7.08. The Balaban J connectivity index is 2.01. The second-order valence-corrected chi connectivity index (χ2v) is 5.56. The molecule has 3 rings (SSSR count). The van der Waals surface area contributed by atoms with Gasteiger partial charge in [0.15, 0.2) is 0 Å². The summed E-state index contributed by atoms with van der Waals surface area (Å²) in [5.74, 6) is 0.0555. The van der Waals surface area contributed by atoms with Crippen molar-refractivity contribution in [2.45, 2.75) is 19.4 Å². The van der Waals surface area contributed by atoms with Crippen LogP contribution in [0.15, 0.2) is 42.5 Å². The molecule has 108 valence electrons. The van der Waals surface area contributed by atoms with Crippen molar-refractivity contribution in [1.29, 1.82) is 0 Å². The van der Waals surface area contributed by atoms with Gasteiger partial charge in [0, 0.05) is 10.7 Å². The summed E-state index contributed by atoms with van der Waals surface area (Å²) in [6.07, 6.45) is 0.449. The molecule has 0 radical (unpaired) electrons. The first kappa shape index (κ1) is 14.1. The highest BCUT2D eigenvalue weighted by Gasteiger charge is 2.21. The maximum atomic E-state index is 11.5. The molecule has 1 aliphatic heterocycles. The van der Waals surface area contributed by atoms with Gasteiger partial charge in [-0.2, -0.15) is 0 Å². The van der Waals surface area contributed by atoms with Crippen LogP contribution in [-0.2, 0) is 11.2 Å². The van der Waals surface area contributed by atoms with Crippen molar-refractivity contribution in [2.75, 3.05) is 11.9 Å². The molecule has 1 atom stereocenters.